The molecule has 198 valence electrons. The van der Waals surface area contributed by atoms with Crippen LogP contribution in [0.5, 0.6) is 5.75 Å². The standard InChI is InChI=1S/C23H16F8N2O4/c24-13-5-8-16(17(10-13)37-11-22(29,30)31)33-9-1-2-15(19(33)35)18(34)32-14-6-3-12(4-7-14)23(36,20(25)26)21(27)28/h1-10,20-21,36H,11H2,(H,32,34). The third kappa shape index (κ3) is 6.07. The van der Waals surface area contributed by atoms with Crippen LogP contribution in [0.4, 0.5) is 40.8 Å². The number of carbonyl (C=O) groups excluding carboxylic acids is 1. The van der Waals surface area contributed by atoms with Crippen molar-refractivity contribution in [1.82, 2.24) is 4.57 Å². The van der Waals surface area contributed by atoms with Crippen molar-refractivity contribution in [3.8, 4) is 11.4 Å². The fraction of sp³-hybridized carbons (Fsp3) is 0.217. The molecule has 1 amide bonds. The first kappa shape index (κ1) is 27.6. The average Bonchev–Trinajstić information content (AvgIpc) is 2.82. The average molecular weight is 536 g/mol. The fourth-order valence-electron chi connectivity index (χ4n) is 3.18. The van der Waals surface area contributed by atoms with Crippen LogP contribution >= 0.6 is 0 Å². The molecule has 0 unspecified atom stereocenters. The van der Waals surface area contributed by atoms with Crippen LogP contribution in [-0.4, -0.2) is 41.2 Å². The van der Waals surface area contributed by atoms with Crippen molar-refractivity contribution < 1.29 is 49.8 Å². The highest BCUT2D eigenvalue weighted by atomic mass is 19.4. The molecule has 1 aromatic heterocycles. The molecule has 0 saturated heterocycles. The molecule has 0 spiro atoms. The highest BCUT2D eigenvalue weighted by Crippen LogP contribution is 2.35. The highest BCUT2D eigenvalue weighted by molar-refractivity contribution is 6.04. The Morgan fingerprint density at radius 2 is 1.62 bits per heavy atom. The third-order valence-corrected chi connectivity index (χ3v) is 5.04. The first-order chi connectivity index (χ1) is 17.2. The predicted molar refractivity (Wildman–Crippen MR) is 114 cm³/mol. The van der Waals surface area contributed by atoms with Gasteiger partial charge in [-0.25, -0.2) is 22.0 Å². The number of carbonyl (C=O) groups is 1. The molecule has 1 heterocycles. The Hall–Kier alpha value is -3.94. The molecule has 2 aromatic carbocycles. The summed E-state index contributed by atoms with van der Waals surface area (Å²) in [5, 5.41) is 11.9. The SMILES string of the molecule is O=C(Nc1ccc(C(O)(C(F)F)C(F)F)cc1)c1cccn(-c2ccc(F)cc2OCC(F)(F)F)c1=O. The van der Waals surface area contributed by atoms with Crippen molar-refractivity contribution in [2.45, 2.75) is 24.6 Å². The Bertz CT molecular complexity index is 1320. The number of alkyl halides is 7. The minimum Gasteiger partial charge on any atom is -0.482 e. The number of hydrogen-bond donors (Lipinski definition) is 2. The van der Waals surface area contributed by atoms with Crippen LogP contribution in [0, 0.1) is 5.82 Å². The van der Waals surface area contributed by atoms with Gasteiger partial charge in [0, 0.05) is 18.0 Å². The van der Waals surface area contributed by atoms with Crippen LogP contribution in [0.15, 0.2) is 65.6 Å². The zero-order valence-electron chi connectivity index (χ0n) is 18.3. The molecule has 3 rings (SSSR count). The number of nitrogens with one attached hydrogen (secondary N) is 1. The van der Waals surface area contributed by atoms with Crippen LogP contribution in [0.2, 0.25) is 0 Å². The second-order valence-electron chi connectivity index (χ2n) is 7.57. The maximum absolute atomic E-state index is 13.6. The molecule has 0 radical (unpaired) electrons. The van der Waals surface area contributed by atoms with Gasteiger partial charge in [-0.15, -0.1) is 0 Å². The Labute approximate surface area is 202 Å². The van der Waals surface area contributed by atoms with E-state index in [0.717, 1.165) is 53.2 Å². The van der Waals surface area contributed by atoms with Crippen LogP contribution in [-0.2, 0) is 5.60 Å². The zero-order valence-corrected chi connectivity index (χ0v) is 18.3. The summed E-state index contributed by atoms with van der Waals surface area (Å²) in [5.74, 6) is -2.63. The molecule has 2 N–H and O–H groups in total. The van der Waals surface area contributed by atoms with Gasteiger partial charge in [0.25, 0.3) is 24.3 Å². The van der Waals surface area contributed by atoms with Gasteiger partial charge in [0.15, 0.2) is 6.61 Å². The van der Waals surface area contributed by atoms with E-state index in [1.807, 2.05) is 0 Å². The van der Waals surface area contributed by atoms with Gasteiger partial charge in [0.1, 0.15) is 17.1 Å². The summed E-state index contributed by atoms with van der Waals surface area (Å²) in [7, 11) is 0. The molecule has 0 atom stereocenters. The van der Waals surface area contributed by atoms with Gasteiger partial charge in [0.05, 0.1) is 5.69 Å². The van der Waals surface area contributed by atoms with Crippen LogP contribution in [0.1, 0.15) is 15.9 Å². The molecular formula is C23H16F8N2O4. The van der Waals surface area contributed by atoms with Gasteiger partial charge in [-0.3, -0.25) is 14.2 Å². The molecule has 0 aliphatic heterocycles. The zero-order chi connectivity index (χ0) is 27.5. The quantitative estimate of drug-likeness (QED) is 0.402. The van der Waals surface area contributed by atoms with Gasteiger partial charge in [-0.05, 0) is 42.0 Å². The molecule has 14 heteroatoms. The van der Waals surface area contributed by atoms with Crippen molar-refractivity contribution in [2.75, 3.05) is 11.9 Å². The van der Waals surface area contributed by atoms with E-state index >= 15 is 0 Å². The molecule has 6 nitrogen and oxygen atoms in total. The van der Waals surface area contributed by atoms with Gasteiger partial charge >= 0.3 is 6.18 Å². The van der Waals surface area contributed by atoms with E-state index in [0.29, 0.717) is 6.07 Å². The van der Waals surface area contributed by atoms with Gasteiger partial charge in [-0.2, -0.15) is 13.2 Å². The summed E-state index contributed by atoms with van der Waals surface area (Å²) in [4.78, 5) is 25.6. The monoisotopic (exact) mass is 536 g/mol. The lowest BCUT2D eigenvalue weighted by Gasteiger charge is -2.26. The summed E-state index contributed by atoms with van der Waals surface area (Å²) in [6.45, 7) is -1.78. The first-order valence-electron chi connectivity index (χ1n) is 10.2. The molecule has 0 fully saturated rings. The number of halogens is 8. The summed E-state index contributed by atoms with van der Waals surface area (Å²) in [6.07, 6.45) is -11.3. The van der Waals surface area contributed by atoms with Gasteiger partial charge in [-0.1, -0.05) is 12.1 Å². The van der Waals surface area contributed by atoms with Crippen molar-refractivity contribution in [1.29, 1.82) is 0 Å². The second kappa shape index (κ2) is 10.6. The van der Waals surface area contributed by atoms with E-state index in [1.165, 1.54) is 6.07 Å². The molecule has 0 aliphatic carbocycles. The molecule has 0 bridgehead atoms. The smallest absolute Gasteiger partial charge is 0.422 e. The number of hydrogen-bond acceptors (Lipinski definition) is 4. The largest absolute Gasteiger partial charge is 0.482 e. The lowest BCUT2D eigenvalue weighted by atomic mass is 9.94. The number of aliphatic hydroxyl groups is 1. The van der Waals surface area contributed by atoms with E-state index in [4.69, 9.17) is 0 Å². The minimum absolute atomic E-state index is 0.120. The second-order valence-corrected chi connectivity index (χ2v) is 7.57. The Morgan fingerprint density at radius 3 is 2.19 bits per heavy atom. The molecular weight excluding hydrogens is 520 g/mol. The van der Waals surface area contributed by atoms with E-state index in [2.05, 4.69) is 10.1 Å². The predicted octanol–water partition coefficient (Wildman–Crippen LogP) is 4.89. The van der Waals surface area contributed by atoms with E-state index in [-0.39, 0.29) is 11.4 Å². The normalized spacial score (nSPS) is 12.2. The Balaban J connectivity index is 1.89. The number of benzene rings is 2. The summed E-state index contributed by atoms with van der Waals surface area (Å²) >= 11 is 0. The fourth-order valence-corrected chi connectivity index (χ4v) is 3.18. The number of nitrogens with zero attached hydrogens (tertiary/aromatic N) is 1. The first-order valence-corrected chi connectivity index (χ1v) is 10.2. The number of pyridine rings is 1. The topological polar surface area (TPSA) is 80.6 Å². The minimum atomic E-state index is -4.76. The summed E-state index contributed by atoms with van der Waals surface area (Å²) in [5.41, 5.74) is -6.55. The number of amides is 1. The van der Waals surface area contributed by atoms with E-state index in [1.54, 1.807) is 0 Å². The molecule has 0 saturated carbocycles. The van der Waals surface area contributed by atoms with Gasteiger partial charge < -0.3 is 15.2 Å². The maximum Gasteiger partial charge on any atom is 0.422 e. The number of ether oxygens (including phenoxy) is 1. The number of aromatic nitrogens is 1. The Morgan fingerprint density at radius 1 is 1.00 bits per heavy atom. The maximum atomic E-state index is 13.6. The lowest BCUT2D eigenvalue weighted by Crippen LogP contribution is -2.41. The molecule has 3 aromatic rings. The van der Waals surface area contributed by atoms with E-state index in [9.17, 15) is 49.8 Å². The molecule has 0 aliphatic rings. The number of anilines is 1. The Kier molecular flexibility index (Phi) is 7.91. The van der Waals surface area contributed by atoms with E-state index < -0.39 is 65.4 Å². The third-order valence-electron chi connectivity index (χ3n) is 5.04. The van der Waals surface area contributed by atoms with Crippen molar-refractivity contribution >= 4 is 11.6 Å². The van der Waals surface area contributed by atoms with Crippen molar-refractivity contribution in [2.24, 2.45) is 0 Å². The molecule has 37 heavy (non-hydrogen) atoms. The van der Waals surface area contributed by atoms with Crippen molar-refractivity contribution in [3.63, 3.8) is 0 Å². The van der Waals surface area contributed by atoms with Crippen LogP contribution in [0.25, 0.3) is 5.69 Å². The summed E-state index contributed by atoms with van der Waals surface area (Å²) in [6, 6.07) is 8.06. The van der Waals surface area contributed by atoms with Gasteiger partial charge in [0.2, 0.25) is 5.60 Å². The number of rotatable bonds is 8. The van der Waals surface area contributed by atoms with Crippen LogP contribution in [0.3, 0.4) is 0 Å². The summed E-state index contributed by atoms with van der Waals surface area (Å²) < 4.78 is 109. The van der Waals surface area contributed by atoms with Crippen molar-refractivity contribution in [3.05, 3.63) is 88.1 Å². The lowest BCUT2D eigenvalue weighted by molar-refractivity contribution is -0.183. The van der Waals surface area contributed by atoms with Crippen LogP contribution < -0.4 is 15.6 Å². The highest BCUT2D eigenvalue weighted by Gasteiger charge is 2.48.